The number of rotatable bonds is 2. The zero-order valence-corrected chi connectivity index (χ0v) is 13.8. The minimum Gasteiger partial charge on any atom is -0.478 e. The number of carboxylic acids is 1. The van der Waals surface area contributed by atoms with Crippen molar-refractivity contribution in [1.29, 1.82) is 0 Å². The van der Waals surface area contributed by atoms with Gasteiger partial charge in [-0.05, 0) is 72.3 Å². The lowest BCUT2D eigenvalue weighted by atomic mass is 9.67. The summed E-state index contributed by atoms with van der Waals surface area (Å²) in [5, 5.41) is 13.2. The van der Waals surface area contributed by atoms with Crippen LogP contribution in [0.15, 0.2) is 42.5 Å². The molecule has 5 atom stereocenters. The minimum absolute atomic E-state index is 0.0499. The van der Waals surface area contributed by atoms with Gasteiger partial charge in [0.05, 0.1) is 17.3 Å². The Balaban J connectivity index is 1.67. The summed E-state index contributed by atoms with van der Waals surface area (Å²) in [4.78, 5) is 11.7. The second kappa shape index (κ2) is 5.32. The van der Waals surface area contributed by atoms with Crippen molar-refractivity contribution in [2.75, 3.05) is 5.32 Å². The summed E-state index contributed by atoms with van der Waals surface area (Å²) in [6.07, 6.45) is 3.71. The Morgan fingerprint density at radius 1 is 1.08 bits per heavy atom. The van der Waals surface area contributed by atoms with E-state index in [2.05, 4.69) is 11.4 Å². The Labute approximate surface area is 145 Å². The Morgan fingerprint density at radius 2 is 1.84 bits per heavy atom. The molecule has 0 aromatic heterocycles. The molecular weight excluding hydrogens is 317 g/mol. The molecule has 25 heavy (non-hydrogen) atoms. The molecule has 1 aliphatic heterocycles. The summed E-state index contributed by atoms with van der Waals surface area (Å²) in [7, 11) is 0. The molecule has 4 heteroatoms. The minimum atomic E-state index is -0.899. The third kappa shape index (κ3) is 2.13. The van der Waals surface area contributed by atoms with Crippen LogP contribution in [0.3, 0.4) is 0 Å². The van der Waals surface area contributed by atoms with Crippen LogP contribution in [0.2, 0.25) is 0 Å². The van der Waals surface area contributed by atoms with Gasteiger partial charge in [0, 0.05) is 0 Å². The molecular formula is C21H20FNO2. The van der Waals surface area contributed by atoms with Crippen LogP contribution in [0.25, 0.3) is 0 Å². The maximum Gasteiger partial charge on any atom is 0.337 e. The van der Waals surface area contributed by atoms with Crippen molar-refractivity contribution < 1.29 is 14.3 Å². The maximum atomic E-state index is 13.4. The first-order valence-electron chi connectivity index (χ1n) is 9.01. The maximum absolute atomic E-state index is 13.4. The molecule has 2 fully saturated rings. The topological polar surface area (TPSA) is 49.3 Å². The standard InChI is InChI=1S/C21H20FNO2/c22-14-8-6-11(7-9-14)19-18-13-5-4-12(10-13)17(18)15-2-1-3-16(21(24)25)20(15)23-19/h1-3,6-9,12-13,17-19,23H,4-5,10H2,(H,24,25)/t12-,13-,17+,18+,19+/m0/s1. The number of fused-ring (bicyclic) bond motifs is 7. The summed E-state index contributed by atoms with van der Waals surface area (Å²) in [5.74, 6) is 1.03. The smallest absolute Gasteiger partial charge is 0.337 e. The second-order valence-electron chi connectivity index (χ2n) is 7.68. The van der Waals surface area contributed by atoms with E-state index in [-0.39, 0.29) is 11.9 Å². The average molecular weight is 337 g/mol. The van der Waals surface area contributed by atoms with Crippen molar-refractivity contribution in [2.24, 2.45) is 17.8 Å². The molecule has 2 aromatic rings. The zero-order valence-electron chi connectivity index (χ0n) is 13.8. The molecule has 3 aliphatic rings. The van der Waals surface area contributed by atoms with Gasteiger partial charge in [0.25, 0.3) is 0 Å². The second-order valence-corrected chi connectivity index (χ2v) is 7.68. The van der Waals surface area contributed by atoms with Gasteiger partial charge in [0.2, 0.25) is 0 Å². The fraction of sp³-hybridized carbons (Fsp3) is 0.381. The van der Waals surface area contributed by atoms with Gasteiger partial charge >= 0.3 is 5.97 Å². The van der Waals surface area contributed by atoms with E-state index < -0.39 is 5.97 Å². The van der Waals surface area contributed by atoms with E-state index in [0.717, 1.165) is 16.8 Å². The number of anilines is 1. The number of para-hydroxylation sites is 1. The first kappa shape index (κ1) is 14.9. The number of aromatic carboxylic acids is 1. The highest BCUT2D eigenvalue weighted by atomic mass is 19.1. The van der Waals surface area contributed by atoms with Crippen molar-refractivity contribution >= 4 is 11.7 Å². The summed E-state index contributed by atoms with van der Waals surface area (Å²) in [6, 6.07) is 12.3. The monoisotopic (exact) mass is 337 g/mol. The number of carboxylic acid groups (broad SMARTS) is 1. The van der Waals surface area contributed by atoms with Crippen molar-refractivity contribution in [2.45, 2.75) is 31.2 Å². The molecule has 2 aliphatic carbocycles. The van der Waals surface area contributed by atoms with Gasteiger partial charge in [0.15, 0.2) is 0 Å². The quantitative estimate of drug-likeness (QED) is 0.826. The third-order valence-electron chi connectivity index (χ3n) is 6.58. The molecule has 2 N–H and O–H groups in total. The predicted octanol–water partition coefficient (Wildman–Crippen LogP) is 4.82. The van der Waals surface area contributed by atoms with Gasteiger partial charge in [-0.1, -0.05) is 24.3 Å². The number of halogens is 1. The molecule has 0 spiro atoms. The first-order valence-corrected chi connectivity index (χ1v) is 9.01. The molecule has 0 amide bonds. The lowest BCUT2D eigenvalue weighted by Crippen LogP contribution is -2.36. The lowest BCUT2D eigenvalue weighted by Gasteiger charge is -2.44. The fourth-order valence-electron chi connectivity index (χ4n) is 5.69. The molecule has 5 rings (SSSR count). The summed E-state index contributed by atoms with van der Waals surface area (Å²) in [5.41, 5.74) is 3.31. The Hall–Kier alpha value is -2.36. The van der Waals surface area contributed by atoms with Crippen LogP contribution in [0.1, 0.15) is 52.7 Å². The Bertz CT molecular complexity index is 847. The third-order valence-corrected chi connectivity index (χ3v) is 6.58. The zero-order chi connectivity index (χ0) is 17.1. The molecule has 2 saturated carbocycles. The van der Waals surface area contributed by atoms with Crippen molar-refractivity contribution in [3.63, 3.8) is 0 Å². The predicted molar refractivity (Wildman–Crippen MR) is 93.2 cm³/mol. The van der Waals surface area contributed by atoms with Crippen molar-refractivity contribution in [3.8, 4) is 0 Å². The number of benzene rings is 2. The largest absolute Gasteiger partial charge is 0.478 e. The molecule has 0 unspecified atom stereocenters. The lowest BCUT2D eigenvalue weighted by molar-refractivity contribution is 0.0697. The summed E-state index contributed by atoms with van der Waals surface area (Å²) in [6.45, 7) is 0. The van der Waals surface area contributed by atoms with Gasteiger partial charge in [-0.2, -0.15) is 0 Å². The van der Waals surface area contributed by atoms with Crippen LogP contribution in [0, 0.1) is 23.6 Å². The van der Waals surface area contributed by atoms with E-state index in [1.807, 2.05) is 18.2 Å². The molecule has 2 bridgehead atoms. The van der Waals surface area contributed by atoms with E-state index in [9.17, 15) is 14.3 Å². The number of carbonyl (C=O) groups is 1. The van der Waals surface area contributed by atoms with Crippen LogP contribution < -0.4 is 5.32 Å². The van der Waals surface area contributed by atoms with Gasteiger partial charge in [-0.3, -0.25) is 0 Å². The molecule has 128 valence electrons. The van der Waals surface area contributed by atoms with E-state index >= 15 is 0 Å². The SMILES string of the molecule is O=C(O)c1cccc2c1N[C@H](c1ccc(F)cc1)[C@@H]1[C@H]3CC[C@@H](C3)[C@H]21. The molecule has 3 nitrogen and oxygen atoms in total. The summed E-state index contributed by atoms with van der Waals surface area (Å²) < 4.78 is 13.4. The Morgan fingerprint density at radius 3 is 2.60 bits per heavy atom. The molecule has 0 saturated heterocycles. The van der Waals surface area contributed by atoms with E-state index in [4.69, 9.17) is 0 Å². The highest BCUT2D eigenvalue weighted by molar-refractivity contribution is 5.95. The van der Waals surface area contributed by atoms with Crippen LogP contribution >= 0.6 is 0 Å². The molecule has 2 aromatic carbocycles. The van der Waals surface area contributed by atoms with Crippen molar-refractivity contribution in [1.82, 2.24) is 0 Å². The van der Waals surface area contributed by atoms with Crippen LogP contribution in [0.4, 0.5) is 10.1 Å². The van der Waals surface area contributed by atoms with Gasteiger partial charge in [0.1, 0.15) is 5.82 Å². The van der Waals surface area contributed by atoms with Gasteiger partial charge in [-0.25, -0.2) is 9.18 Å². The normalized spacial score (nSPS) is 32.0. The van der Waals surface area contributed by atoms with Crippen molar-refractivity contribution in [3.05, 3.63) is 65.0 Å². The van der Waals surface area contributed by atoms with Gasteiger partial charge in [-0.15, -0.1) is 0 Å². The first-order chi connectivity index (χ1) is 12.1. The van der Waals surface area contributed by atoms with E-state index in [1.165, 1.54) is 31.4 Å². The average Bonchev–Trinajstić information content (AvgIpc) is 3.23. The van der Waals surface area contributed by atoms with E-state index in [1.54, 1.807) is 6.07 Å². The van der Waals surface area contributed by atoms with E-state index in [0.29, 0.717) is 29.2 Å². The Kier molecular flexibility index (Phi) is 3.18. The van der Waals surface area contributed by atoms with Crippen LogP contribution in [-0.4, -0.2) is 11.1 Å². The molecule has 1 heterocycles. The van der Waals surface area contributed by atoms with Crippen LogP contribution in [0.5, 0.6) is 0 Å². The fourth-order valence-corrected chi connectivity index (χ4v) is 5.69. The highest BCUT2D eigenvalue weighted by Crippen LogP contribution is 2.63. The van der Waals surface area contributed by atoms with Gasteiger partial charge < -0.3 is 10.4 Å². The highest BCUT2D eigenvalue weighted by Gasteiger charge is 2.54. The number of hydrogen-bond acceptors (Lipinski definition) is 2. The van der Waals surface area contributed by atoms with Crippen LogP contribution in [-0.2, 0) is 0 Å². The molecule has 0 radical (unpaired) electrons. The number of hydrogen-bond donors (Lipinski definition) is 2. The summed E-state index contributed by atoms with van der Waals surface area (Å²) >= 11 is 0. The number of nitrogens with one attached hydrogen (secondary N) is 1.